The Balaban J connectivity index is -0.00000000667. The van der Waals surface area contributed by atoms with E-state index in [1.165, 1.54) is 0 Å². The molecule has 0 bridgehead atoms. The summed E-state index contributed by atoms with van der Waals surface area (Å²) in [5, 5.41) is 0. The largest absolute Gasteiger partial charge is 0.644 e. The first kappa shape index (κ1) is 28.5. The molecule has 0 aliphatic heterocycles. The van der Waals surface area contributed by atoms with Gasteiger partial charge >= 0.3 is 15.9 Å². The third kappa shape index (κ3) is 91.3. The first-order chi connectivity index (χ1) is 1.41. The predicted octanol–water partition coefficient (Wildman–Crippen LogP) is -4.60. The first-order valence-electron chi connectivity index (χ1n) is 0.632. The van der Waals surface area contributed by atoms with E-state index in [9.17, 15) is 0 Å². The van der Waals surface area contributed by atoms with Gasteiger partial charge in [-0.15, -0.1) is 0 Å². The number of hydrogen-bond donors (Lipinski definition) is 2. The maximum absolute atomic E-state index is 7.26. The minimum atomic E-state index is -1.58. The zero-order chi connectivity index (χ0) is 2.71. The molecule has 6 heavy (non-hydrogen) atoms. The van der Waals surface area contributed by atoms with Crippen LogP contribution in [0.5, 0.6) is 0 Å². The van der Waals surface area contributed by atoms with Crippen molar-refractivity contribution in [3.63, 3.8) is 0 Å². The predicted molar refractivity (Wildman–Crippen MR) is 28.8 cm³/mol. The topological polar surface area (TPSA) is 103 Å². The molecule has 0 unspecified atom stereocenters. The Morgan fingerprint density at radius 1 is 1.00 bits per heavy atom. The van der Waals surface area contributed by atoms with E-state index in [2.05, 4.69) is 0 Å². The second kappa shape index (κ2) is 39.1. The van der Waals surface area contributed by atoms with Crippen LogP contribution < -0.4 is 0 Å². The number of hydrogen-bond acceptors (Lipinski definition) is 2. The molecule has 0 amide bonds. The molecule has 0 fully saturated rings. The molecule has 0 spiro atoms. The zero-order valence-corrected chi connectivity index (χ0v) is 4.02. The van der Waals surface area contributed by atoms with Gasteiger partial charge in [0, 0.05) is 0 Å². The average molecular weight is 128 g/mol. The summed E-state index contributed by atoms with van der Waals surface area (Å²) < 4.78 is 14.5. The van der Waals surface area contributed by atoms with Gasteiger partial charge in [0.25, 0.3) is 0 Å². The average Bonchev–Trinajstić information content (AvgIpc) is 0.918. The van der Waals surface area contributed by atoms with E-state index in [0.29, 0.717) is 0 Å². The van der Waals surface area contributed by atoms with Gasteiger partial charge in [-0.25, -0.2) is 0 Å². The SMILES string of the molecule is O.O.[AlH3].[OH][AlH][OH]. The smallest absolute Gasteiger partial charge is 0.496 e. The van der Waals surface area contributed by atoms with Crippen molar-refractivity contribution in [2.24, 2.45) is 0 Å². The molecular weight excluding hydrogens is 118 g/mol. The maximum atomic E-state index is 7.26. The molecule has 0 aromatic rings. The molecule has 0 rings (SSSR count). The molecule has 6 heteroatoms. The van der Waals surface area contributed by atoms with Gasteiger partial charge in [0.15, 0.2) is 17.4 Å². The van der Waals surface area contributed by atoms with Crippen LogP contribution in [-0.2, 0) is 0 Å². The third-order valence-electron chi connectivity index (χ3n) is 0. The maximum Gasteiger partial charge on any atom is 0.644 e. The molecule has 40 valence electrons. The lowest BCUT2D eigenvalue weighted by molar-refractivity contribution is 0.448. The van der Waals surface area contributed by atoms with Crippen LogP contribution in [0.2, 0.25) is 0 Å². The zero-order valence-electron chi connectivity index (χ0n) is 2.60. The molecule has 0 saturated heterocycles. The molecule has 0 saturated carbocycles. The Morgan fingerprint density at radius 2 is 1.00 bits per heavy atom. The minimum Gasteiger partial charge on any atom is -0.496 e. The van der Waals surface area contributed by atoms with Gasteiger partial charge in [0.05, 0.1) is 0 Å². The van der Waals surface area contributed by atoms with E-state index in [1.807, 2.05) is 0 Å². The summed E-state index contributed by atoms with van der Waals surface area (Å²) in [6.07, 6.45) is 0. The fourth-order valence-electron chi connectivity index (χ4n) is 0. The molecular formula is H10Al2O4. The van der Waals surface area contributed by atoms with Gasteiger partial charge in [0.1, 0.15) is 0 Å². The van der Waals surface area contributed by atoms with Crippen molar-refractivity contribution >= 4 is 33.2 Å². The van der Waals surface area contributed by atoms with Gasteiger partial charge in [-0.2, -0.15) is 0 Å². The van der Waals surface area contributed by atoms with Crippen LogP contribution in [-0.4, -0.2) is 52.5 Å². The van der Waals surface area contributed by atoms with Crippen LogP contribution in [0.1, 0.15) is 0 Å². The molecule has 0 atom stereocenters. The number of rotatable bonds is 0. The van der Waals surface area contributed by atoms with Crippen molar-refractivity contribution in [1.82, 2.24) is 0 Å². The standard InChI is InChI=1S/2Al.4H2O.4H/h;;4*1H2;;;;/q;+2;;;;;;;;/p-2. The summed E-state index contributed by atoms with van der Waals surface area (Å²) in [5.74, 6) is 0. The Hall–Kier alpha value is 0.905. The van der Waals surface area contributed by atoms with Gasteiger partial charge in [0.2, 0.25) is 0 Å². The highest BCUT2D eigenvalue weighted by Gasteiger charge is 1.60. The van der Waals surface area contributed by atoms with Crippen molar-refractivity contribution in [2.45, 2.75) is 0 Å². The molecule has 0 aromatic heterocycles. The second-order valence-corrected chi connectivity index (χ2v) is 0.424. The van der Waals surface area contributed by atoms with Gasteiger partial charge in [-0.1, -0.05) is 0 Å². The van der Waals surface area contributed by atoms with E-state index >= 15 is 0 Å². The lowest BCUT2D eigenvalue weighted by Crippen LogP contribution is -1.75. The minimum absolute atomic E-state index is 0. The Morgan fingerprint density at radius 3 is 1.00 bits per heavy atom. The highest BCUT2D eigenvalue weighted by Crippen LogP contribution is 1.08. The van der Waals surface area contributed by atoms with Gasteiger partial charge < -0.3 is 19.3 Å². The van der Waals surface area contributed by atoms with Crippen LogP contribution in [0, 0.1) is 0 Å². The normalized spacial score (nSPS) is 2.33. The molecule has 4 nitrogen and oxygen atoms in total. The lowest BCUT2D eigenvalue weighted by atomic mass is 15.8. The van der Waals surface area contributed by atoms with E-state index < -0.39 is 15.9 Å². The molecule has 6 N–H and O–H groups in total. The lowest BCUT2D eigenvalue weighted by Gasteiger charge is -1.45. The van der Waals surface area contributed by atoms with Crippen molar-refractivity contribution in [3.05, 3.63) is 0 Å². The molecule has 0 aliphatic carbocycles. The summed E-state index contributed by atoms with van der Waals surface area (Å²) in [6.45, 7) is 0. The molecule has 0 aliphatic rings. The molecule has 0 radical (unpaired) electrons. The van der Waals surface area contributed by atoms with Crippen LogP contribution in [0.4, 0.5) is 0 Å². The summed E-state index contributed by atoms with van der Waals surface area (Å²) in [6, 6.07) is 0. The fraction of sp³-hybridized carbons (Fsp3) is 0. The molecule has 0 heterocycles. The highest BCUT2D eigenvalue weighted by atomic mass is 27.2. The van der Waals surface area contributed by atoms with Crippen molar-refractivity contribution < 1.29 is 19.3 Å². The van der Waals surface area contributed by atoms with Crippen LogP contribution in [0.15, 0.2) is 0 Å². The van der Waals surface area contributed by atoms with Crippen molar-refractivity contribution in [3.8, 4) is 0 Å². The first-order valence-corrected chi connectivity index (χ1v) is 1.90. The van der Waals surface area contributed by atoms with Gasteiger partial charge in [-0.05, 0) is 0 Å². The highest BCUT2D eigenvalue weighted by molar-refractivity contribution is 6.13. The van der Waals surface area contributed by atoms with Crippen molar-refractivity contribution in [2.75, 3.05) is 0 Å². The van der Waals surface area contributed by atoms with Crippen LogP contribution in [0.25, 0.3) is 0 Å². The monoisotopic (exact) mass is 128 g/mol. The Bertz CT molecular complexity index is 5.51. The Labute approximate surface area is 52.9 Å². The second-order valence-electron chi connectivity index (χ2n) is 0.141. The Kier molecular flexibility index (Phi) is 186. The van der Waals surface area contributed by atoms with Crippen molar-refractivity contribution in [1.29, 1.82) is 0 Å². The third-order valence-corrected chi connectivity index (χ3v) is 0. The summed E-state index contributed by atoms with van der Waals surface area (Å²) in [4.78, 5) is 0. The van der Waals surface area contributed by atoms with E-state index in [1.54, 1.807) is 0 Å². The van der Waals surface area contributed by atoms with Crippen LogP contribution in [0.3, 0.4) is 0 Å². The van der Waals surface area contributed by atoms with Crippen LogP contribution >= 0.6 is 0 Å². The van der Waals surface area contributed by atoms with Gasteiger partial charge in [-0.3, -0.25) is 0 Å². The quantitative estimate of drug-likeness (QED) is 0.320. The molecule has 0 aromatic carbocycles. The van der Waals surface area contributed by atoms with E-state index in [0.717, 1.165) is 0 Å². The summed E-state index contributed by atoms with van der Waals surface area (Å²) >= 11 is -1.58. The van der Waals surface area contributed by atoms with E-state index in [-0.39, 0.29) is 28.3 Å². The van der Waals surface area contributed by atoms with E-state index in [4.69, 9.17) is 8.32 Å². The summed E-state index contributed by atoms with van der Waals surface area (Å²) in [7, 11) is 0. The fourth-order valence-corrected chi connectivity index (χ4v) is 0. The summed E-state index contributed by atoms with van der Waals surface area (Å²) in [5.41, 5.74) is 0.